The van der Waals surface area contributed by atoms with Crippen LogP contribution in [0.1, 0.15) is 22.4 Å². The second-order valence-electron chi connectivity index (χ2n) is 7.85. The molecule has 4 heterocycles. The summed E-state index contributed by atoms with van der Waals surface area (Å²) in [5.41, 5.74) is 5.87. The quantitative estimate of drug-likeness (QED) is 0.457. The zero-order valence-corrected chi connectivity index (χ0v) is 17.8. The predicted molar refractivity (Wildman–Crippen MR) is 121 cm³/mol. The molecule has 31 heavy (non-hydrogen) atoms. The van der Waals surface area contributed by atoms with Gasteiger partial charge >= 0.3 is 0 Å². The van der Waals surface area contributed by atoms with Crippen molar-refractivity contribution in [2.45, 2.75) is 26.1 Å². The average molecular weight is 432 g/mol. The van der Waals surface area contributed by atoms with Gasteiger partial charge in [0.05, 0.1) is 19.1 Å². The lowest BCUT2D eigenvalue weighted by Crippen LogP contribution is -2.36. The Morgan fingerprint density at radius 3 is 2.61 bits per heavy atom. The van der Waals surface area contributed by atoms with E-state index < -0.39 is 0 Å². The second kappa shape index (κ2) is 8.53. The van der Waals surface area contributed by atoms with Crippen molar-refractivity contribution in [3.8, 4) is 11.1 Å². The third-order valence-electron chi connectivity index (χ3n) is 5.79. The van der Waals surface area contributed by atoms with E-state index in [4.69, 9.17) is 16.0 Å². The van der Waals surface area contributed by atoms with Crippen molar-refractivity contribution < 1.29 is 4.42 Å². The Hall–Kier alpha value is -3.15. The van der Waals surface area contributed by atoms with Gasteiger partial charge in [-0.2, -0.15) is 0 Å². The molecular formula is C25H22ClN3O2. The van der Waals surface area contributed by atoms with Crippen LogP contribution < -0.4 is 5.56 Å². The van der Waals surface area contributed by atoms with Gasteiger partial charge in [-0.15, -0.1) is 0 Å². The van der Waals surface area contributed by atoms with Crippen molar-refractivity contribution in [2.75, 3.05) is 6.54 Å². The maximum Gasteiger partial charge on any atom is 0.259 e. The van der Waals surface area contributed by atoms with Crippen molar-refractivity contribution in [1.82, 2.24) is 14.5 Å². The van der Waals surface area contributed by atoms with Crippen molar-refractivity contribution in [1.29, 1.82) is 0 Å². The van der Waals surface area contributed by atoms with Gasteiger partial charge in [-0.1, -0.05) is 29.8 Å². The van der Waals surface area contributed by atoms with Crippen LogP contribution in [-0.4, -0.2) is 21.0 Å². The van der Waals surface area contributed by atoms with E-state index in [1.807, 2.05) is 53.1 Å². The lowest BCUT2D eigenvalue weighted by atomic mass is 9.98. The smallest absolute Gasteiger partial charge is 0.259 e. The average Bonchev–Trinajstić information content (AvgIpc) is 3.30. The molecule has 3 aromatic heterocycles. The first-order chi connectivity index (χ1) is 15.2. The SMILES string of the molecule is O=c1c(-c2ccccc2Cl)cc2c(n1Cc1ccncc1)CCN(Cc1ccoc1)C2. The van der Waals surface area contributed by atoms with Crippen LogP contribution in [0.5, 0.6) is 0 Å². The molecule has 1 aliphatic rings. The molecular weight excluding hydrogens is 410 g/mol. The monoisotopic (exact) mass is 431 g/mol. The lowest BCUT2D eigenvalue weighted by molar-refractivity contribution is 0.240. The van der Waals surface area contributed by atoms with Crippen LogP contribution in [0.3, 0.4) is 0 Å². The van der Waals surface area contributed by atoms with E-state index in [-0.39, 0.29) is 5.56 Å². The summed E-state index contributed by atoms with van der Waals surface area (Å²) in [4.78, 5) is 20.1. The lowest BCUT2D eigenvalue weighted by Gasteiger charge is -2.31. The highest BCUT2D eigenvalue weighted by molar-refractivity contribution is 6.33. The summed E-state index contributed by atoms with van der Waals surface area (Å²) in [7, 11) is 0. The molecule has 1 aromatic carbocycles. The van der Waals surface area contributed by atoms with E-state index in [1.165, 1.54) is 5.56 Å². The summed E-state index contributed by atoms with van der Waals surface area (Å²) in [5, 5.41) is 0.584. The van der Waals surface area contributed by atoms with Gasteiger partial charge in [-0.05, 0) is 41.5 Å². The molecule has 0 unspecified atom stereocenters. The normalized spacial score (nSPS) is 13.8. The molecule has 0 N–H and O–H groups in total. The van der Waals surface area contributed by atoms with Crippen LogP contribution in [0.15, 0.2) is 82.7 Å². The van der Waals surface area contributed by atoms with Crippen LogP contribution in [0, 0.1) is 0 Å². The number of pyridine rings is 2. The van der Waals surface area contributed by atoms with Gasteiger partial charge in [0.25, 0.3) is 5.56 Å². The van der Waals surface area contributed by atoms with E-state index in [2.05, 4.69) is 9.88 Å². The number of aromatic nitrogens is 2. The first-order valence-electron chi connectivity index (χ1n) is 10.3. The van der Waals surface area contributed by atoms with Gasteiger partial charge in [-0.3, -0.25) is 14.7 Å². The Labute approximate surface area is 185 Å². The summed E-state index contributed by atoms with van der Waals surface area (Å²) in [5.74, 6) is 0. The van der Waals surface area contributed by atoms with Crippen LogP contribution >= 0.6 is 11.6 Å². The third-order valence-corrected chi connectivity index (χ3v) is 6.12. The van der Waals surface area contributed by atoms with E-state index in [9.17, 15) is 4.79 Å². The Bertz CT molecular complexity index is 1250. The first-order valence-corrected chi connectivity index (χ1v) is 10.7. The molecule has 4 aromatic rings. The maximum absolute atomic E-state index is 13.6. The molecule has 5 rings (SSSR count). The van der Waals surface area contributed by atoms with Crippen molar-refractivity contribution in [3.05, 3.63) is 111 Å². The van der Waals surface area contributed by atoms with Gasteiger partial charge in [0.1, 0.15) is 0 Å². The van der Waals surface area contributed by atoms with Crippen LogP contribution in [0.25, 0.3) is 11.1 Å². The molecule has 0 amide bonds. The van der Waals surface area contributed by atoms with Gasteiger partial charge in [0.15, 0.2) is 0 Å². The highest BCUT2D eigenvalue weighted by Crippen LogP contribution is 2.29. The van der Waals surface area contributed by atoms with Crippen LogP contribution in [0.4, 0.5) is 0 Å². The van der Waals surface area contributed by atoms with Gasteiger partial charge < -0.3 is 8.98 Å². The zero-order valence-electron chi connectivity index (χ0n) is 17.0. The largest absolute Gasteiger partial charge is 0.472 e. The number of benzene rings is 1. The summed E-state index contributed by atoms with van der Waals surface area (Å²) in [6.07, 6.45) is 7.83. The number of furan rings is 1. The number of halogens is 1. The standard InChI is InChI=1S/C25H22ClN3O2/c26-23-4-2-1-3-21(23)22-13-20-16-28(14-19-8-12-31-17-19)11-7-24(20)29(25(22)30)15-18-5-9-27-10-6-18/h1-6,8-10,12-13,17H,7,11,14-16H2. The minimum atomic E-state index is -0.00746. The zero-order chi connectivity index (χ0) is 21.2. The number of fused-ring (bicyclic) bond motifs is 1. The molecule has 0 spiro atoms. The van der Waals surface area contributed by atoms with Crippen LogP contribution in [-0.2, 0) is 26.1 Å². The number of hydrogen-bond acceptors (Lipinski definition) is 4. The molecule has 6 heteroatoms. The van der Waals surface area contributed by atoms with Gasteiger partial charge in [-0.25, -0.2) is 0 Å². The summed E-state index contributed by atoms with van der Waals surface area (Å²) < 4.78 is 7.14. The molecule has 5 nitrogen and oxygen atoms in total. The molecule has 0 fully saturated rings. The van der Waals surface area contributed by atoms with Gasteiger partial charge in [0.2, 0.25) is 0 Å². The Kier molecular flexibility index (Phi) is 5.45. The van der Waals surface area contributed by atoms with E-state index in [0.717, 1.165) is 48.4 Å². The topological polar surface area (TPSA) is 51.3 Å². The van der Waals surface area contributed by atoms with Crippen molar-refractivity contribution in [3.63, 3.8) is 0 Å². The fourth-order valence-corrected chi connectivity index (χ4v) is 4.50. The highest BCUT2D eigenvalue weighted by atomic mass is 35.5. The predicted octanol–water partition coefficient (Wildman–Crippen LogP) is 4.76. The molecule has 0 atom stereocenters. The van der Waals surface area contributed by atoms with E-state index >= 15 is 0 Å². The minimum Gasteiger partial charge on any atom is -0.472 e. The summed E-state index contributed by atoms with van der Waals surface area (Å²) in [6.45, 7) is 3.00. The number of rotatable bonds is 5. The molecule has 0 saturated heterocycles. The molecule has 0 radical (unpaired) electrons. The fourth-order valence-electron chi connectivity index (χ4n) is 4.26. The van der Waals surface area contributed by atoms with E-state index in [0.29, 0.717) is 17.1 Å². The summed E-state index contributed by atoms with van der Waals surface area (Å²) >= 11 is 6.47. The molecule has 0 aliphatic carbocycles. The molecule has 156 valence electrons. The Balaban J connectivity index is 1.59. The highest BCUT2D eigenvalue weighted by Gasteiger charge is 2.23. The molecule has 1 aliphatic heterocycles. The van der Waals surface area contributed by atoms with Gasteiger partial charge in [0, 0.05) is 65.9 Å². The summed E-state index contributed by atoms with van der Waals surface area (Å²) in [6, 6.07) is 15.5. The number of hydrogen-bond donors (Lipinski definition) is 0. The Morgan fingerprint density at radius 2 is 1.84 bits per heavy atom. The fraction of sp³-hybridized carbons (Fsp3) is 0.200. The number of nitrogens with zero attached hydrogens (tertiary/aromatic N) is 3. The first kappa shape index (κ1) is 19.8. The minimum absolute atomic E-state index is 0.00746. The van der Waals surface area contributed by atoms with Crippen LogP contribution in [0.2, 0.25) is 5.02 Å². The van der Waals surface area contributed by atoms with Crippen molar-refractivity contribution in [2.24, 2.45) is 0 Å². The van der Waals surface area contributed by atoms with Crippen molar-refractivity contribution >= 4 is 11.6 Å². The Morgan fingerprint density at radius 1 is 1.00 bits per heavy atom. The maximum atomic E-state index is 13.6. The molecule has 0 bridgehead atoms. The molecule has 0 saturated carbocycles. The van der Waals surface area contributed by atoms with E-state index in [1.54, 1.807) is 24.9 Å². The second-order valence-corrected chi connectivity index (χ2v) is 8.26. The third kappa shape index (κ3) is 4.07.